The van der Waals surface area contributed by atoms with E-state index in [0.717, 1.165) is 0 Å². The van der Waals surface area contributed by atoms with Gasteiger partial charge in [-0.3, -0.25) is 14.5 Å². The van der Waals surface area contributed by atoms with Crippen molar-refractivity contribution in [3.05, 3.63) is 41.1 Å². The van der Waals surface area contributed by atoms with Gasteiger partial charge in [-0.05, 0) is 37.1 Å². The molecular weight excluding hydrogens is 414 g/mol. The van der Waals surface area contributed by atoms with Crippen molar-refractivity contribution in [2.45, 2.75) is 31.3 Å². The Morgan fingerprint density at radius 3 is 2.60 bits per heavy atom. The molecule has 3 atom stereocenters. The number of aliphatic carboxylic acids is 1. The number of carboxylic acids is 1. The summed E-state index contributed by atoms with van der Waals surface area (Å²) < 4.78 is 9.62. The van der Waals surface area contributed by atoms with Crippen LogP contribution in [0.2, 0.25) is 0 Å². The van der Waals surface area contributed by atoms with Gasteiger partial charge in [0, 0.05) is 5.75 Å². The first-order valence-electron chi connectivity index (χ1n) is 9.12. The second-order valence-corrected chi connectivity index (χ2v) is 7.77. The standard InChI is InChI=1S/C19H21N3O7S/c1-3-28-19(27)29-11-6-4-10(5-7-11)12(20)15(23)21-13-16(24)22-14(18(25)26)9(2)8-30-17(13)22/h4-7,12-13,17H,3,8,20H2,1-2H3,(H,21,23)(H,25,26)/t12-,13-,17-/m1/s1. The van der Waals surface area contributed by atoms with E-state index >= 15 is 0 Å². The van der Waals surface area contributed by atoms with Crippen molar-refractivity contribution < 1.29 is 33.8 Å². The molecule has 1 fully saturated rings. The number of nitrogens with zero attached hydrogens (tertiary/aromatic N) is 1. The number of nitrogens with one attached hydrogen (secondary N) is 1. The largest absolute Gasteiger partial charge is 0.513 e. The van der Waals surface area contributed by atoms with Crippen LogP contribution in [0.4, 0.5) is 4.79 Å². The van der Waals surface area contributed by atoms with Crippen LogP contribution in [0.5, 0.6) is 5.75 Å². The molecule has 2 aliphatic heterocycles. The van der Waals surface area contributed by atoms with Crippen molar-refractivity contribution in [2.75, 3.05) is 12.4 Å². The number of carbonyl (C=O) groups is 4. The minimum absolute atomic E-state index is 0.0317. The number of β-lactam (4-membered cyclic amide) rings is 1. The number of rotatable bonds is 6. The lowest BCUT2D eigenvalue weighted by Crippen LogP contribution is -2.71. The number of benzene rings is 1. The van der Waals surface area contributed by atoms with Crippen LogP contribution < -0.4 is 15.8 Å². The van der Waals surface area contributed by atoms with Gasteiger partial charge >= 0.3 is 12.1 Å². The van der Waals surface area contributed by atoms with E-state index in [9.17, 15) is 24.3 Å². The average Bonchev–Trinajstić information content (AvgIpc) is 2.71. The van der Waals surface area contributed by atoms with Gasteiger partial charge < -0.3 is 25.6 Å². The number of fused-ring (bicyclic) bond motifs is 1. The third-order valence-electron chi connectivity index (χ3n) is 4.64. The summed E-state index contributed by atoms with van der Waals surface area (Å²) in [7, 11) is 0. The molecule has 0 saturated carbocycles. The van der Waals surface area contributed by atoms with Gasteiger partial charge in [0.1, 0.15) is 28.9 Å². The number of carbonyl (C=O) groups excluding carboxylic acids is 3. The monoisotopic (exact) mass is 435 g/mol. The van der Waals surface area contributed by atoms with Crippen molar-refractivity contribution in [3.63, 3.8) is 0 Å². The molecule has 1 aromatic carbocycles. The average molecular weight is 435 g/mol. The lowest BCUT2D eigenvalue weighted by molar-refractivity contribution is -0.150. The summed E-state index contributed by atoms with van der Waals surface area (Å²) in [4.78, 5) is 49.0. The summed E-state index contributed by atoms with van der Waals surface area (Å²) >= 11 is 1.38. The molecule has 2 amide bonds. The van der Waals surface area contributed by atoms with E-state index in [1.165, 1.54) is 40.9 Å². The second-order valence-electron chi connectivity index (χ2n) is 6.66. The van der Waals surface area contributed by atoms with Crippen molar-refractivity contribution in [3.8, 4) is 5.75 Å². The van der Waals surface area contributed by atoms with E-state index in [4.69, 9.17) is 10.5 Å². The van der Waals surface area contributed by atoms with E-state index in [1.807, 2.05) is 0 Å². The fourth-order valence-electron chi connectivity index (χ4n) is 3.16. The smallest absolute Gasteiger partial charge is 0.477 e. The second kappa shape index (κ2) is 8.76. The van der Waals surface area contributed by atoms with Crippen LogP contribution in [-0.2, 0) is 19.1 Å². The first-order valence-corrected chi connectivity index (χ1v) is 10.2. The zero-order chi connectivity index (χ0) is 22.0. The summed E-state index contributed by atoms with van der Waals surface area (Å²) in [5.41, 5.74) is 7.01. The van der Waals surface area contributed by atoms with Crippen LogP contribution in [0.1, 0.15) is 25.5 Å². The summed E-state index contributed by atoms with van der Waals surface area (Å²) in [6.45, 7) is 3.50. The van der Waals surface area contributed by atoms with E-state index in [2.05, 4.69) is 10.1 Å². The van der Waals surface area contributed by atoms with Crippen LogP contribution >= 0.6 is 11.8 Å². The number of hydrogen-bond donors (Lipinski definition) is 3. The van der Waals surface area contributed by atoms with E-state index < -0.39 is 41.4 Å². The summed E-state index contributed by atoms with van der Waals surface area (Å²) in [6.07, 6.45) is -0.838. The SMILES string of the molecule is CCOC(=O)Oc1ccc([C@@H](N)C(=O)N[C@@H]2C(=O)N3C(C(=O)O)=C(C)CS[C@H]23)cc1. The normalized spacial score (nSPS) is 21.3. The van der Waals surface area contributed by atoms with Crippen LogP contribution in [0.25, 0.3) is 0 Å². The molecule has 3 rings (SSSR count). The van der Waals surface area contributed by atoms with Gasteiger partial charge in [-0.2, -0.15) is 0 Å². The van der Waals surface area contributed by atoms with Gasteiger partial charge in [0.2, 0.25) is 5.91 Å². The van der Waals surface area contributed by atoms with Gasteiger partial charge in [0.05, 0.1) is 6.61 Å². The van der Waals surface area contributed by atoms with Crippen LogP contribution in [0.15, 0.2) is 35.5 Å². The summed E-state index contributed by atoms with van der Waals surface area (Å²) in [5, 5.41) is 11.5. The highest BCUT2D eigenvalue weighted by Crippen LogP contribution is 2.40. The maximum atomic E-state index is 12.5. The third kappa shape index (κ3) is 4.12. The molecule has 2 aliphatic rings. The highest BCUT2D eigenvalue weighted by atomic mass is 32.2. The zero-order valence-corrected chi connectivity index (χ0v) is 17.1. The van der Waals surface area contributed by atoms with Gasteiger partial charge in [-0.1, -0.05) is 12.1 Å². The molecule has 0 bridgehead atoms. The Hall–Kier alpha value is -3.05. The highest BCUT2D eigenvalue weighted by molar-refractivity contribution is 8.00. The predicted molar refractivity (Wildman–Crippen MR) is 106 cm³/mol. The van der Waals surface area contributed by atoms with E-state index in [1.54, 1.807) is 13.8 Å². The number of ether oxygens (including phenoxy) is 2. The molecular formula is C19H21N3O7S. The molecule has 0 spiro atoms. The van der Waals surface area contributed by atoms with Crippen LogP contribution in [0.3, 0.4) is 0 Å². The molecule has 11 heteroatoms. The molecule has 1 saturated heterocycles. The lowest BCUT2D eigenvalue weighted by Gasteiger charge is -2.49. The number of thioether (sulfide) groups is 1. The summed E-state index contributed by atoms with van der Waals surface area (Å²) in [6, 6.07) is 4.09. The molecule has 4 N–H and O–H groups in total. The van der Waals surface area contributed by atoms with Crippen LogP contribution in [-0.4, -0.2) is 57.7 Å². The Morgan fingerprint density at radius 1 is 1.33 bits per heavy atom. The molecule has 160 valence electrons. The van der Waals surface area contributed by atoms with Crippen molar-refractivity contribution in [1.29, 1.82) is 0 Å². The maximum absolute atomic E-state index is 12.5. The Morgan fingerprint density at radius 2 is 2.00 bits per heavy atom. The Bertz CT molecular complexity index is 915. The molecule has 0 aromatic heterocycles. The molecule has 0 radical (unpaired) electrons. The first kappa shape index (κ1) is 21.7. The number of nitrogens with two attached hydrogens (primary N) is 1. The fraction of sp³-hybridized carbons (Fsp3) is 0.368. The fourth-order valence-corrected chi connectivity index (χ4v) is 4.45. The molecule has 0 unspecified atom stereocenters. The third-order valence-corrected chi connectivity index (χ3v) is 6.07. The first-order chi connectivity index (χ1) is 14.2. The number of amides is 2. The minimum atomic E-state index is -1.17. The molecule has 1 aromatic rings. The van der Waals surface area contributed by atoms with Crippen LogP contribution in [0, 0.1) is 0 Å². The zero-order valence-electron chi connectivity index (χ0n) is 16.3. The number of carboxylic acid groups (broad SMARTS) is 1. The van der Waals surface area contributed by atoms with Crippen molar-refractivity contribution in [1.82, 2.24) is 10.2 Å². The van der Waals surface area contributed by atoms with Gasteiger partial charge in [-0.25, -0.2) is 9.59 Å². The highest BCUT2D eigenvalue weighted by Gasteiger charge is 2.53. The van der Waals surface area contributed by atoms with E-state index in [0.29, 0.717) is 16.9 Å². The van der Waals surface area contributed by atoms with Gasteiger partial charge in [0.15, 0.2) is 0 Å². The molecule has 30 heavy (non-hydrogen) atoms. The number of hydrogen-bond acceptors (Lipinski definition) is 8. The Labute approximate surface area is 176 Å². The topological polar surface area (TPSA) is 148 Å². The minimum Gasteiger partial charge on any atom is -0.477 e. The maximum Gasteiger partial charge on any atom is 0.513 e. The lowest BCUT2D eigenvalue weighted by atomic mass is 10.0. The Balaban J connectivity index is 1.62. The van der Waals surface area contributed by atoms with Gasteiger partial charge in [-0.15, -0.1) is 11.8 Å². The van der Waals surface area contributed by atoms with Gasteiger partial charge in [0.25, 0.3) is 5.91 Å². The van der Waals surface area contributed by atoms with Crippen molar-refractivity contribution in [2.24, 2.45) is 5.73 Å². The molecule has 2 heterocycles. The predicted octanol–water partition coefficient (Wildman–Crippen LogP) is 0.980. The van der Waals surface area contributed by atoms with Crippen molar-refractivity contribution >= 4 is 35.7 Å². The molecule has 0 aliphatic carbocycles. The molecule has 10 nitrogen and oxygen atoms in total. The summed E-state index contributed by atoms with van der Waals surface area (Å²) in [5.74, 6) is -1.54. The van der Waals surface area contributed by atoms with E-state index in [-0.39, 0.29) is 18.1 Å². The Kier molecular flexibility index (Phi) is 6.32. The quantitative estimate of drug-likeness (QED) is 0.338.